The summed E-state index contributed by atoms with van der Waals surface area (Å²) in [6.07, 6.45) is 2.16. The van der Waals surface area contributed by atoms with Crippen molar-refractivity contribution in [1.29, 1.82) is 0 Å². The number of benzene rings is 2. The van der Waals surface area contributed by atoms with Crippen molar-refractivity contribution in [2.75, 3.05) is 37.7 Å². The van der Waals surface area contributed by atoms with Gasteiger partial charge in [-0.05, 0) is 30.3 Å². The van der Waals surface area contributed by atoms with Crippen LogP contribution in [-0.2, 0) is 11.2 Å². The number of aromatic hydroxyl groups is 1. The third-order valence-electron chi connectivity index (χ3n) is 6.42. The zero-order valence-corrected chi connectivity index (χ0v) is 21.3. The summed E-state index contributed by atoms with van der Waals surface area (Å²) in [4.78, 5) is 28.6. The molecule has 0 bridgehead atoms. The first kappa shape index (κ1) is 25.6. The number of fused-ring (bicyclic) bond motifs is 1. The number of carbonyl (C=O) groups excluding carboxylic acids is 1. The summed E-state index contributed by atoms with van der Waals surface area (Å²) < 4.78 is 36.6. The van der Waals surface area contributed by atoms with Gasteiger partial charge in [0.25, 0.3) is 0 Å². The van der Waals surface area contributed by atoms with Crippen molar-refractivity contribution in [3.8, 4) is 22.9 Å². The molecule has 0 aliphatic carbocycles. The first-order valence-electron chi connectivity index (χ1n) is 12.0. The molecule has 0 saturated carbocycles. The van der Waals surface area contributed by atoms with Gasteiger partial charge in [-0.25, -0.2) is 8.78 Å². The Balaban J connectivity index is 1.59. The molecule has 38 heavy (non-hydrogen) atoms. The number of halogens is 3. The Morgan fingerprint density at radius 3 is 2.55 bits per heavy atom. The second-order valence-corrected chi connectivity index (χ2v) is 9.23. The van der Waals surface area contributed by atoms with E-state index in [0.29, 0.717) is 43.8 Å². The van der Waals surface area contributed by atoms with Gasteiger partial charge in [0.1, 0.15) is 22.9 Å². The lowest BCUT2D eigenvalue weighted by Crippen LogP contribution is -2.48. The summed E-state index contributed by atoms with van der Waals surface area (Å²) >= 11 is 6.47. The standard InChI is InChI=1S/C27H24ClF2N5O3/c1-16(36)34-10-12-35(13-11-34)26-18-15-19(28)22(23-20(29)6-4-7-21(23)37)24(30)25(18)32-27(33-26)38-14-8-17-5-2-3-9-31-17/h2-7,9,15,37H,8,10-14H2,1H3. The third-order valence-corrected chi connectivity index (χ3v) is 6.72. The van der Waals surface area contributed by atoms with Crippen LogP contribution in [0.5, 0.6) is 11.8 Å². The van der Waals surface area contributed by atoms with Crippen LogP contribution < -0.4 is 9.64 Å². The van der Waals surface area contributed by atoms with Gasteiger partial charge in [0, 0.05) is 62.4 Å². The summed E-state index contributed by atoms with van der Waals surface area (Å²) in [6, 6.07) is 10.6. The number of piperazine rings is 1. The Morgan fingerprint density at radius 2 is 1.87 bits per heavy atom. The highest BCUT2D eigenvalue weighted by Crippen LogP contribution is 2.42. The fourth-order valence-corrected chi connectivity index (χ4v) is 4.77. The number of nitrogens with zero attached hydrogens (tertiary/aromatic N) is 5. The first-order valence-corrected chi connectivity index (χ1v) is 12.4. The molecule has 0 atom stereocenters. The van der Waals surface area contributed by atoms with Gasteiger partial charge in [0.2, 0.25) is 5.91 Å². The molecule has 1 aliphatic rings. The van der Waals surface area contributed by atoms with E-state index in [-0.39, 0.29) is 40.2 Å². The second kappa shape index (κ2) is 10.7. The maximum atomic E-state index is 16.1. The predicted octanol–water partition coefficient (Wildman–Crippen LogP) is 4.62. The van der Waals surface area contributed by atoms with Crippen LogP contribution >= 0.6 is 11.6 Å². The number of hydrogen-bond donors (Lipinski definition) is 1. The molecular formula is C27H24ClF2N5O3. The number of pyridine rings is 1. The van der Waals surface area contributed by atoms with Crippen molar-refractivity contribution in [2.24, 2.45) is 0 Å². The van der Waals surface area contributed by atoms with Crippen LogP contribution in [0.3, 0.4) is 0 Å². The zero-order valence-electron chi connectivity index (χ0n) is 20.5. The van der Waals surface area contributed by atoms with E-state index in [9.17, 15) is 14.3 Å². The Morgan fingerprint density at radius 1 is 1.08 bits per heavy atom. The van der Waals surface area contributed by atoms with Crippen molar-refractivity contribution in [3.05, 3.63) is 71.0 Å². The van der Waals surface area contributed by atoms with E-state index in [1.165, 1.54) is 25.1 Å². The third kappa shape index (κ3) is 5.04. The van der Waals surface area contributed by atoms with E-state index in [2.05, 4.69) is 15.0 Å². The van der Waals surface area contributed by atoms with Crippen LogP contribution in [0.15, 0.2) is 48.7 Å². The van der Waals surface area contributed by atoms with Gasteiger partial charge in [-0.1, -0.05) is 23.7 Å². The molecule has 8 nitrogen and oxygen atoms in total. The van der Waals surface area contributed by atoms with E-state index < -0.39 is 17.4 Å². The number of ether oxygens (including phenoxy) is 1. The lowest BCUT2D eigenvalue weighted by atomic mass is 10.0. The lowest BCUT2D eigenvalue weighted by molar-refractivity contribution is -0.129. The normalized spacial score (nSPS) is 13.7. The number of phenolic OH excluding ortho intramolecular Hbond substituents is 1. The van der Waals surface area contributed by atoms with E-state index >= 15 is 4.39 Å². The molecule has 4 aromatic rings. The van der Waals surface area contributed by atoms with E-state index in [1.807, 2.05) is 23.1 Å². The second-order valence-electron chi connectivity index (χ2n) is 8.82. The van der Waals surface area contributed by atoms with Crippen molar-refractivity contribution in [2.45, 2.75) is 13.3 Å². The maximum absolute atomic E-state index is 16.1. The molecule has 2 aromatic heterocycles. The average molecular weight is 540 g/mol. The van der Waals surface area contributed by atoms with Crippen LogP contribution in [0.4, 0.5) is 14.6 Å². The van der Waals surface area contributed by atoms with Gasteiger partial charge in [-0.15, -0.1) is 0 Å². The van der Waals surface area contributed by atoms with Crippen LogP contribution in [-0.4, -0.2) is 63.7 Å². The minimum Gasteiger partial charge on any atom is -0.507 e. The number of carbonyl (C=O) groups is 1. The Labute approximate surface area is 222 Å². The highest BCUT2D eigenvalue weighted by Gasteiger charge is 2.27. The van der Waals surface area contributed by atoms with Crippen LogP contribution in [0.25, 0.3) is 22.0 Å². The summed E-state index contributed by atoms with van der Waals surface area (Å²) in [5, 5.41) is 10.5. The number of phenols is 1. The van der Waals surface area contributed by atoms with E-state index in [1.54, 1.807) is 11.1 Å². The average Bonchev–Trinajstić information content (AvgIpc) is 2.91. The fourth-order valence-electron chi connectivity index (χ4n) is 4.48. The van der Waals surface area contributed by atoms with Gasteiger partial charge in [0.15, 0.2) is 5.82 Å². The summed E-state index contributed by atoms with van der Waals surface area (Å²) in [5.41, 5.74) is 0.0213. The van der Waals surface area contributed by atoms with Gasteiger partial charge in [0.05, 0.1) is 17.2 Å². The van der Waals surface area contributed by atoms with Crippen LogP contribution in [0.2, 0.25) is 5.02 Å². The fraction of sp³-hybridized carbons (Fsp3) is 0.259. The number of aromatic nitrogens is 3. The molecule has 2 aromatic carbocycles. The first-order chi connectivity index (χ1) is 18.3. The molecule has 0 unspecified atom stereocenters. The van der Waals surface area contributed by atoms with Gasteiger partial charge in [-0.2, -0.15) is 9.97 Å². The highest BCUT2D eigenvalue weighted by atomic mass is 35.5. The Bertz CT molecular complexity index is 1480. The highest BCUT2D eigenvalue weighted by molar-refractivity contribution is 6.34. The molecule has 5 rings (SSSR count). The largest absolute Gasteiger partial charge is 0.507 e. The smallest absolute Gasteiger partial charge is 0.319 e. The molecule has 0 spiro atoms. The maximum Gasteiger partial charge on any atom is 0.319 e. The van der Waals surface area contributed by atoms with E-state index in [4.69, 9.17) is 16.3 Å². The van der Waals surface area contributed by atoms with Crippen LogP contribution in [0.1, 0.15) is 12.6 Å². The molecule has 11 heteroatoms. The quantitative estimate of drug-likeness (QED) is 0.382. The number of hydrogen-bond acceptors (Lipinski definition) is 7. The minimum absolute atomic E-state index is 0.0286. The van der Waals surface area contributed by atoms with Crippen LogP contribution in [0, 0.1) is 11.6 Å². The topological polar surface area (TPSA) is 91.7 Å². The summed E-state index contributed by atoms with van der Waals surface area (Å²) in [5.74, 6) is -1.83. The molecule has 1 N–H and O–H groups in total. The van der Waals surface area contributed by atoms with Gasteiger partial charge in [-0.3, -0.25) is 9.78 Å². The summed E-state index contributed by atoms with van der Waals surface area (Å²) in [7, 11) is 0. The lowest BCUT2D eigenvalue weighted by Gasteiger charge is -2.35. The molecule has 196 valence electrons. The number of anilines is 1. The van der Waals surface area contributed by atoms with Crippen molar-refractivity contribution < 1.29 is 23.4 Å². The molecular weight excluding hydrogens is 516 g/mol. The number of rotatable bonds is 6. The molecule has 3 heterocycles. The van der Waals surface area contributed by atoms with E-state index in [0.717, 1.165) is 11.8 Å². The minimum atomic E-state index is -0.909. The molecule has 1 aliphatic heterocycles. The van der Waals surface area contributed by atoms with Gasteiger partial charge < -0.3 is 19.6 Å². The molecule has 1 amide bonds. The Kier molecular flexibility index (Phi) is 7.24. The van der Waals surface area contributed by atoms with Gasteiger partial charge >= 0.3 is 6.01 Å². The van der Waals surface area contributed by atoms with Crippen molar-refractivity contribution in [3.63, 3.8) is 0 Å². The zero-order chi connectivity index (χ0) is 26.8. The molecule has 0 radical (unpaired) electrons. The van der Waals surface area contributed by atoms with Crippen molar-refractivity contribution in [1.82, 2.24) is 19.9 Å². The number of amides is 1. The molecule has 1 fully saturated rings. The Hall–Kier alpha value is -4.05. The SMILES string of the molecule is CC(=O)N1CCN(c2nc(OCCc3ccccn3)nc3c(F)c(-c4c(O)cccc4F)c(Cl)cc23)CC1. The summed E-state index contributed by atoms with van der Waals surface area (Å²) in [6.45, 7) is 3.54. The molecule has 1 saturated heterocycles. The van der Waals surface area contributed by atoms with Crippen molar-refractivity contribution >= 4 is 34.2 Å². The monoisotopic (exact) mass is 539 g/mol. The predicted molar refractivity (Wildman–Crippen MR) is 139 cm³/mol.